The Morgan fingerprint density at radius 2 is 2.18 bits per heavy atom. The standard InChI is InChI=1S/C20H26O2/c1-19-7-5-17-15(6-9-22-17)16(19)4-8-20-10-13(2-3-18(19)20)14(11-20)12-21/h6,9,11,13,16,18,21H,2-5,7-8,10,12H2,1H3/t13-,16-,18+,19-,20+/m1/s1. The number of aliphatic hydroxyl groups is 1. The molecule has 2 bridgehead atoms. The molecule has 0 unspecified atom stereocenters. The first-order chi connectivity index (χ1) is 10.7. The highest BCUT2D eigenvalue weighted by Crippen LogP contribution is 2.69. The van der Waals surface area contributed by atoms with Crippen LogP contribution in [0.4, 0.5) is 0 Å². The number of rotatable bonds is 1. The Labute approximate surface area is 132 Å². The van der Waals surface area contributed by atoms with E-state index in [9.17, 15) is 5.11 Å². The van der Waals surface area contributed by atoms with Gasteiger partial charge in [-0.25, -0.2) is 0 Å². The molecule has 0 aliphatic heterocycles. The van der Waals surface area contributed by atoms with Gasteiger partial charge in [-0.3, -0.25) is 0 Å². The van der Waals surface area contributed by atoms with Crippen LogP contribution in [0.1, 0.15) is 62.7 Å². The lowest BCUT2D eigenvalue weighted by Crippen LogP contribution is -2.50. The van der Waals surface area contributed by atoms with Gasteiger partial charge in [0.15, 0.2) is 0 Å². The van der Waals surface area contributed by atoms with Gasteiger partial charge in [0.2, 0.25) is 0 Å². The molecule has 2 fully saturated rings. The third kappa shape index (κ3) is 1.50. The van der Waals surface area contributed by atoms with E-state index in [0.29, 0.717) is 22.7 Å². The number of allylic oxidation sites excluding steroid dienone is 1. The Balaban J connectivity index is 1.59. The average Bonchev–Trinajstić information content (AvgIpc) is 3.09. The molecule has 2 heteroatoms. The number of aliphatic hydroxyl groups excluding tert-OH is 1. The maximum Gasteiger partial charge on any atom is 0.107 e. The predicted octanol–water partition coefficient (Wildman–Crippen LogP) is 4.44. The van der Waals surface area contributed by atoms with E-state index < -0.39 is 0 Å². The van der Waals surface area contributed by atoms with Crippen LogP contribution in [0, 0.1) is 22.7 Å². The first kappa shape index (κ1) is 13.4. The second kappa shape index (κ2) is 4.29. The zero-order chi connectivity index (χ0) is 14.9. The highest BCUT2D eigenvalue weighted by Gasteiger charge is 2.60. The van der Waals surface area contributed by atoms with Crippen molar-refractivity contribution in [1.29, 1.82) is 0 Å². The maximum absolute atomic E-state index is 9.72. The third-order valence-corrected chi connectivity index (χ3v) is 7.84. The van der Waals surface area contributed by atoms with E-state index in [0.717, 1.165) is 12.3 Å². The molecule has 1 spiro atoms. The summed E-state index contributed by atoms with van der Waals surface area (Å²) >= 11 is 0. The molecule has 2 saturated carbocycles. The number of furan rings is 1. The zero-order valence-electron chi connectivity index (χ0n) is 13.5. The quantitative estimate of drug-likeness (QED) is 0.777. The topological polar surface area (TPSA) is 33.4 Å². The van der Waals surface area contributed by atoms with Gasteiger partial charge in [0.1, 0.15) is 5.76 Å². The molecular formula is C20H26O2. The first-order valence-electron chi connectivity index (χ1n) is 9.05. The summed E-state index contributed by atoms with van der Waals surface area (Å²) in [4.78, 5) is 0. The molecule has 1 heterocycles. The second-order valence-electron chi connectivity index (χ2n) is 8.54. The van der Waals surface area contributed by atoms with Crippen molar-refractivity contribution in [2.24, 2.45) is 22.7 Å². The van der Waals surface area contributed by atoms with Gasteiger partial charge < -0.3 is 9.52 Å². The minimum Gasteiger partial charge on any atom is -0.469 e. The Hall–Kier alpha value is -1.02. The average molecular weight is 298 g/mol. The van der Waals surface area contributed by atoms with E-state index in [4.69, 9.17) is 4.42 Å². The van der Waals surface area contributed by atoms with E-state index in [1.165, 1.54) is 55.4 Å². The molecule has 0 aromatic carbocycles. The van der Waals surface area contributed by atoms with E-state index in [2.05, 4.69) is 19.1 Å². The number of fused-ring (bicyclic) bond motifs is 5. The van der Waals surface area contributed by atoms with Crippen molar-refractivity contribution >= 4 is 0 Å². The zero-order valence-corrected chi connectivity index (χ0v) is 13.5. The van der Waals surface area contributed by atoms with Crippen LogP contribution in [0.15, 0.2) is 28.4 Å². The van der Waals surface area contributed by atoms with Gasteiger partial charge in [-0.1, -0.05) is 13.0 Å². The van der Waals surface area contributed by atoms with Crippen molar-refractivity contribution in [3.63, 3.8) is 0 Å². The van der Waals surface area contributed by atoms with Crippen LogP contribution in [0.2, 0.25) is 0 Å². The molecule has 0 amide bonds. The molecule has 2 nitrogen and oxygen atoms in total. The van der Waals surface area contributed by atoms with Gasteiger partial charge in [-0.15, -0.1) is 0 Å². The van der Waals surface area contributed by atoms with Crippen LogP contribution in [-0.2, 0) is 6.42 Å². The molecule has 1 aromatic rings. The van der Waals surface area contributed by atoms with Crippen molar-refractivity contribution in [3.8, 4) is 0 Å². The molecule has 1 aromatic heterocycles. The summed E-state index contributed by atoms with van der Waals surface area (Å²) in [6.45, 7) is 2.84. The fraction of sp³-hybridized carbons (Fsp3) is 0.700. The molecule has 5 rings (SSSR count). The van der Waals surface area contributed by atoms with Crippen molar-refractivity contribution in [2.75, 3.05) is 6.61 Å². The van der Waals surface area contributed by atoms with E-state index >= 15 is 0 Å². The monoisotopic (exact) mass is 298 g/mol. The van der Waals surface area contributed by atoms with Crippen LogP contribution >= 0.6 is 0 Å². The lowest BCUT2D eigenvalue weighted by atomic mass is 9.45. The highest BCUT2D eigenvalue weighted by atomic mass is 16.3. The number of hydrogen-bond acceptors (Lipinski definition) is 2. The molecule has 4 aliphatic rings. The molecule has 118 valence electrons. The van der Waals surface area contributed by atoms with Gasteiger partial charge >= 0.3 is 0 Å². The highest BCUT2D eigenvalue weighted by molar-refractivity contribution is 5.34. The van der Waals surface area contributed by atoms with Gasteiger partial charge in [-0.05, 0) is 84.3 Å². The summed E-state index contributed by atoms with van der Waals surface area (Å²) in [6, 6.07) is 2.24. The summed E-state index contributed by atoms with van der Waals surface area (Å²) in [5, 5.41) is 9.72. The van der Waals surface area contributed by atoms with Crippen LogP contribution in [0.5, 0.6) is 0 Å². The molecule has 4 aliphatic carbocycles. The number of aryl methyl sites for hydroxylation is 1. The fourth-order valence-electron chi connectivity index (χ4n) is 6.92. The molecular weight excluding hydrogens is 272 g/mol. The summed E-state index contributed by atoms with van der Waals surface area (Å²) in [5.74, 6) is 3.41. The molecule has 0 radical (unpaired) electrons. The van der Waals surface area contributed by atoms with E-state index in [1.54, 1.807) is 0 Å². The van der Waals surface area contributed by atoms with Crippen LogP contribution in [0.25, 0.3) is 0 Å². The van der Waals surface area contributed by atoms with Gasteiger partial charge in [0, 0.05) is 6.42 Å². The largest absolute Gasteiger partial charge is 0.469 e. The van der Waals surface area contributed by atoms with E-state index in [-0.39, 0.29) is 6.61 Å². The summed E-state index contributed by atoms with van der Waals surface area (Å²) in [7, 11) is 0. The Morgan fingerprint density at radius 1 is 1.27 bits per heavy atom. The lowest BCUT2D eigenvalue weighted by Gasteiger charge is -2.59. The summed E-state index contributed by atoms with van der Waals surface area (Å²) in [6.07, 6.45) is 13.4. The summed E-state index contributed by atoms with van der Waals surface area (Å²) in [5.41, 5.74) is 3.68. The van der Waals surface area contributed by atoms with Crippen LogP contribution in [0.3, 0.4) is 0 Å². The molecule has 5 atom stereocenters. The normalized spacial score (nSPS) is 45.7. The Kier molecular flexibility index (Phi) is 2.61. The Bertz CT molecular complexity index is 642. The van der Waals surface area contributed by atoms with E-state index in [1.807, 2.05) is 6.26 Å². The summed E-state index contributed by atoms with van der Waals surface area (Å²) < 4.78 is 5.74. The SMILES string of the molecule is C[C@@]12CCc3occc3[C@H]1CC[C@]13C=C(CO)[C@H](CC[C@H]12)C3. The molecule has 1 N–H and O–H groups in total. The van der Waals surface area contributed by atoms with Crippen LogP contribution in [-0.4, -0.2) is 11.7 Å². The van der Waals surface area contributed by atoms with Gasteiger partial charge in [0.05, 0.1) is 12.9 Å². The molecule has 22 heavy (non-hydrogen) atoms. The smallest absolute Gasteiger partial charge is 0.107 e. The van der Waals surface area contributed by atoms with Crippen molar-refractivity contribution in [3.05, 3.63) is 35.3 Å². The lowest BCUT2D eigenvalue weighted by molar-refractivity contribution is -0.0521. The van der Waals surface area contributed by atoms with Crippen molar-refractivity contribution < 1.29 is 9.52 Å². The molecule has 0 saturated heterocycles. The first-order valence-corrected chi connectivity index (χ1v) is 9.05. The minimum absolute atomic E-state index is 0.283. The minimum atomic E-state index is 0.283. The van der Waals surface area contributed by atoms with Crippen molar-refractivity contribution in [2.45, 2.75) is 57.8 Å². The number of hydrogen-bond donors (Lipinski definition) is 1. The van der Waals surface area contributed by atoms with Gasteiger partial charge in [0.25, 0.3) is 0 Å². The van der Waals surface area contributed by atoms with Crippen LogP contribution < -0.4 is 0 Å². The maximum atomic E-state index is 9.72. The fourth-order valence-corrected chi connectivity index (χ4v) is 6.92. The second-order valence-corrected chi connectivity index (χ2v) is 8.54. The predicted molar refractivity (Wildman–Crippen MR) is 85.5 cm³/mol. The Morgan fingerprint density at radius 3 is 3.05 bits per heavy atom. The van der Waals surface area contributed by atoms with Gasteiger partial charge in [-0.2, -0.15) is 0 Å². The third-order valence-electron chi connectivity index (χ3n) is 7.84. The van der Waals surface area contributed by atoms with Crippen molar-refractivity contribution in [1.82, 2.24) is 0 Å².